The average Bonchev–Trinajstić information content (AvgIpc) is 2.72. The number of rotatable bonds is 4. The average molecular weight is 229 g/mol. The molecular formula is C13H15N3O. The maximum Gasteiger partial charge on any atom is 0.186 e. The first kappa shape index (κ1) is 11.5. The van der Waals surface area contributed by atoms with Crippen LogP contribution in [0, 0.1) is 6.92 Å². The topological polar surface area (TPSA) is 47.8 Å². The molecule has 2 aromatic heterocycles. The zero-order valence-corrected chi connectivity index (χ0v) is 10.1. The molecule has 17 heavy (non-hydrogen) atoms. The minimum Gasteiger partial charge on any atom is -0.292 e. The number of hydrogen-bond acceptors (Lipinski definition) is 3. The number of Topliss-reactive ketones (excluding diaryl/α,β-unsaturated/α-hetero) is 1. The zero-order chi connectivity index (χ0) is 12.3. The molecule has 88 valence electrons. The van der Waals surface area contributed by atoms with E-state index in [-0.39, 0.29) is 5.78 Å². The van der Waals surface area contributed by atoms with Crippen LogP contribution in [0.15, 0.2) is 30.5 Å². The molecule has 0 aliphatic heterocycles. The second kappa shape index (κ2) is 4.91. The van der Waals surface area contributed by atoms with Crippen molar-refractivity contribution in [1.29, 1.82) is 0 Å². The molecule has 0 saturated carbocycles. The first-order valence-corrected chi connectivity index (χ1v) is 5.68. The largest absolute Gasteiger partial charge is 0.292 e. The van der Waals surface area contributed by atoms with E-state index in [4.69, 9.17) is 0 Å². The highest BCUT2D eigenvalue weighted by molar-refractivity contribution is 5.95. The summed E-state index contributed by atoms with van der Waals surface area (Å²) in [6.07, 6.45) is 2.02. The van der Waals surface area contributed by atoms with E-state index in [1.807, 2.05) is 38.1 Å². The number of carbonyl (C=O) groups is 1. The van der Waals surface area contributed by atoms with Gasteiger partial charge in [-0.25, -0.2) is 0 Å². The fourth-order valence-electron chi connectivity index (χ4n) is 1.77. The van der Waals surface area contributed by atoms with Crippen LogP contribution in [0.2, 0.25) is 0 Å². The van der Waals surface area contributed by atoms with Gasteiger partial charge in [-0.1, -0.05) is 6.07 Å². The van der Waals surface area contributed by atoms with Crippen LogP contribution in [-0.2, 0) is 13.0 Å². The summed E-state index contributed by atoms with van der Waals surface area (Å²) in [5.41, 5.74) is 2.32. The molecule has 0 bridgehead atoms. The van der Waals surface area contributed by atoms with Crippen molar-refractivity contribution in [2.75, 3.05) is 0 Å². The molecule has 4 nitrogen and oxygen atoms in total. The number of hydrogen-bond donors (Lipinski definition) is 0. The molecular weight excluding hydrogens is 214 g/mol. The van der Waals surface area contributed by atoms with E-state index in [1.165, 1.54) is 0 Å². The van der Waals surface area contributed by atoms with Gasteiger partial charge < -0.3 is 0 Å². The minimum absolute atomic E-state index is 0.0613. The van der Waals surface area contributed by atoms with Crippen molar-refractivity contribution >= 4 is 5.78 Å². The van der Waals surface area contributed by atoms with E-state index in [2.05, 4.69) is 10.1 Å². The van der Waals surface area contributed by atoms with Crippen LogP contribution < -0.4 is 0 Å². The number of aryl methyl sites for hydroxylation is 2. The second-order valence-electron chi connectivity index (χ2n) is 3.91. The van der Waals surface area contributed by atoms with E-state index in [1.54, 1.807) is 10.9 Å². The molecule has 0 fully saturated rings. The lowest BCUT2D eigenvalue weighted by Crippen LogP contribution is -2.12. The first-order valence-electron chi connectivity index (χ1n) is 5.68. The highest BCUT2D eigenvalue weighted by atomic mass is 16.1. The molecule has 0 N–H and O–H groups in total. The Hall–Kier alpha value is -1.97. The number of carbonyl (C=O) groups excluding carboxylic acids is 1. The summed E-state index contributed by atoms with van der Waals surface area (Å²) in [5, 5.41) is 4.27. The summed E-state index contributed by atoms with van der Waals surface area (Å²) in [5.74, 6) is 0.0613. The smallest absolute Gasteiger partial charge is 0.186 e. The molecule has 0 aliphatic carbocycles. The third-order valence-corrected chi connectivity index (χ3v) is 2.56. The van der Waals surface area contributed by atoms with Gasteiger partial charge in [0.1, 0.15) is 5.69 Å². The Labute approximate surface area is 100 Å². The van der Waals surface area contributed by atoms with E-state index in [0.29, 0.717) is 18.7 Å². The van der Waals surface area contributed by atoms with Gasteiger partial charge in [-0.3, -0.25) is 14.5 Å². The molecule has 0 spiro atoms. The highest BCUT2D eigenvalue weighted by Gasteiger charge is 2.13. The fourth-order valence-corrected chi connectivity index (χ4v) is 1.77. The fraction of sp³-hybridized carbons (Fsp3) is 0.308. The summed E-state index contributed by atoms with van der Waals surface area (Å²) in [7, 11) is 0. The first-order chi connectivity index (χ1) is 8.20. The maximum absolute atomic E-state index is 12.1. The van der Waals surface area contributed by atoms with E-state index >= 15 is 0 Å². The summed E-state index contributed by atoms with van der Waals surface area (Å²) in [6, 6.07) is 7.42. The predicted octanol–water partition coefficient (Wildman–Crippen LogP) is 2.03. The summed E-state index contributed by atoms with van der Waals surface area (Å²) < 4.78 is 1.74. The Morgan fingerprint density at radius 2 is 2.24 bits per heavy atom. The third kappa shape index (κ3) is 2.58. The highest BCUT2D eigenvalue weighted by Crippen LogP contribution is 2.08. The van der Waals surface area contributed by atoms with Crippen LogP contribution in [0.4, 0.5) is 0 Å². The van der Waals surface area contributed by atoms with Crippen molar-refractivity contribution in [2.24, 2.45) is 0 Å². The SMILES string of the molecule is CCn1nc(C)cc1C(=O)Cc1ccccn1. The van der Waals surface area contributed by atoms with Crippen LogP contribution in [0.5, 0.6) is 0 Å². The van der Waals surface area contributed by atoms with Crippen molar-refractivity contribution in [3.05, 3.63) is 47.5 Å². The lowest BCUT2D eigenvalue weighted by Gasteiger charge is -2.03. The van der Waals surface area contributed by atoms with E-state index in [9.17, 15) is 4.79 Å². The maximum atomic E-state index is 12.1. The molecule has 0 radical (unpaired) electrons. The third-order valence-electron chi connectivity index (χ3n) is 2.56. The van der Waals surface area contributed by atoms with Gasteiger partial charge in [0.25, 0.3) is 0 Å². The van der Waals surface area contributed by atoms with Crippen molar-refractivity contribution in [3.63, 3.8) is 0 Å². The van der Waals surface area contributed by atoms with Gasteiger partial charge >= 0.3 is 0 Å². The zero-order valence-electron chi connectivity index (χ0n) is 10.1. The van der Waals surface area contributed by atoms with Crippen LogP contribution in [-0.4, -0.2) is 20.5 Å². The van der Waals surface area contributed by atoms with Crippen molar-refractivity contribution < 1.29 is 4.79 Å². The van der Waals surface area contributed by atoms with Crippen LogP contribution >= 0.6 is 0 Å². The Bertz CT molecular complexity index is 517. The number of nitrogens with zero attached hydrogens (tertiary/aromatic N) is 3. The van der Waals surface area contributed by atoms with Gasteiger partial charge in [0.2, 0.25) is 0 Å². The lowest BCUT2D eigenvalue weighted by molar-refractivity contribution is 0.0981. The second-order valence-corrected chi connectivity index (χ2v) is 3.91. The summed E-state index contributed by atoms with van der Waals surface area (Å²) >= 11 is 0. The van der Waals surface area contributed by atoms with Crippen molar-refractivity contribution in [2.45, 2.75) is 26.8 Å². The number of pyridine rings is 1. The van der Waals surface area contributed by atoms with Gasteiger partial charge in [0, 0.05) is 18.4 Å². The predicted molar refractivity (Wildman–Crippen MR) is 64.9 cm³/mol. The van der Waals surface area contributed by atoms with Gasteiger partial charge in [-0.05, 0) is 32.0 Å². The Morgan fingerprint density at radius 1 is 1.41 bits per heavy atom. The van der Waals surface area contributed by atoms with Crippen LogP contribution in [0.3, 0.4) is 0 Å². The molecule has 2 aromatic rings. The van der Waals surface area contributed by atoms with Crippen LogP contribution in [0.1, 0.15) is 28.8 Å². The quantitative estimate of drug-likeness (QED) is 0.754. The molecule has 0 aromatic carbocycles. The Morgan fingerprint density at radius 3 is 2.88 bits per heavy atom. The van der Waals surface area contributed by atoms with Gasteiger partial charge in [0.15, 0.2) is 5.78 Å². The summed E-state index contributed by atoms with van der Waals surface area (Å²) in [4.78, 5) is 16.3. The Kier molecular flexibility index (Phi) is 3.32. The van der Waals surface area contributed by atoms with Gasteiger partial charge in [-0.15, -0.1) is 0 Å². The minimum atomic E-state index is 0.0613. The standard InChI is InChI=1S/C13H15N3O/c1-3-16-12(8-10(2)15-16)13(17)9-11-6-4-5-7-14-11/h4-8H,3,9H2,1-2H3. The molecule has 0 amide bonds. The van der Waals surface area contributed by atoms with Crippen LogP contribution in [0.25, 0.3) is 0 Å². The molecule has 0 saturated heterocycles. The molecule has 4 heteroatoms. The normalized spacial score (nSPS) is 10.5. The van der Waals surface area contributed by atoms with E-state index in [0.717, 1.165) is 11.4 Å². The number of aromatic nitrogens is 3. The Balaban J connectivity index is 2.20. The molecule has 0 atom stereocenters. The molecule has 2 rings (SSSR count). The number of ketones is 1. The molecule has 0 unspecified atom stereocenters. The van der Waals surface area contributed by atoms with Gasteiger partial charge in [0.05, 0.1) is 12.1 Å². The summed E-state index contributed by atoms with van der Waals surface area (Å²) in [6.45, 7) is 4.57. The molecule has 0 aliphatic rings. The van der Waals surface area contributed by atoms with Crippen molar-refractivity contribution in [3.8, 4) is 0 Å². The monoisotopic (exact) mass is 229 g/mol. The van der Waals surface area contributed by atoms with Gasteiger partial charge in [-0.2, -0.15) is 5.10 Å². The molecule has 2 heterocycles. The lowest BCUT2D eigenvalue weighted by atomic mass is 10.1. The van der Waals surface area contributed by atoms with E-state index < -0.39 is 0 Å². The van der Waals surface area contributed by atoms with Crippen molar-refractivity contribution in [1.82, 2.24) is 14.8 Å².